The zero-order valence-corrected chi connectivity index (χ0v) is 20.5. The summed E-state index contributed by atoms with van der Waals surface area (Å²) in [6.07, 6.45) is 2.30. The van der Waals surface area contributed by atoms with Gasteiger partial charge in [0.25, 0.3) is 11.8 Å². The third kappa shape index (κ3) is 4.98. The number of hydrogen-bond donors (Lipinski definition) is 2. The molecule has 3 fully saturated rings. The predicted molar refractivity (Wildman–Crippen MR) is 136 cm³/mol. The standard InChI is InChI=1S/C27H31N3O3.ClH/c1-17(2)15-28-26(31)21-7-3-5-19(13-21)22-8-4-6-20-14-24(33-25(20)22)27(32)29-23-16-30-11-9-18(23)10-12-30;/h3-8,13-14,17-18,23H,9-12,15-16H2,1-2H3,(H,28,31)(H,29,32);1H/t23-;/m1./s1. The number of rotatable bonds is 6. The van der Waals surface area contributed by atoms with E-state index in [1.807, 2.05) is 48.5 Å². The van der Waals surface area contributed by atoms with Gasteiger partial charge in [0, 0.05) is 35.6 Å². The highest BCUT2D eigenvalue weighted by atomic mass is 35.5. The molecule has 1 atom stereocenters. The molecule has 3 aromatic rings. The average molecular weight is 482 g/mol. The van der Waals surface area contributed by atoms with Crippen molar-refractivity contribution in [2.24, 2.45) is 11.8 Å². The zero-order chi connectivity index (χ0) is 22.9. The fourth-order valence-corrected chi connectivity index (χ4v) is 5.00. The predicted octanol–water partition coefficient (Wildman–Crippen LogP) is 4.73. The van der Waals surface area contributed by atoms with Crippen LogP contribution >= 0.6 is 12.4 Å². The van der Waals surface area contributed by atoms with Crippen LogP contribution in [0.4, 0.5) is 0 Å². The van der Waals surface area contributed by atoms with E-state index in [9.17, 15) is 9.59 Å². The largest absolute Gasteiger partial charge is 0.450 e. The fraction of sp³-hybridized carbons (Fsp3) is 0.407. The molecule has 0 radical (unpaired) electrons. The molecule has 0 saturated carbocycles. The number of carbonyl (C=O) groups excluding carboxylic acids is 2. The van der Waals surface area contributed by atoms with Gasteiger partial charge in [0.1, 0.15) is 5.58 Å². The van der Waals surface area contributed by atoms with E-state index in [0.29, 0.717) is 35.3 Å². The van der Waals surface area contributed by atoms with Crippen LogP contribution in [0.2, 0.25) is 0 Å². The number of carbonyl (C=O) groups is 2. The molecule has 2 N–H and O–H groups in total. The molecule has 6 rings (SSSR count). The van der Waals surface area contributed by atoms with Gasteiger partial charge in [-0.25, -0.2) is 0 Å². The van der Waals surface area contributed by atoms with E-state index in [0.717, 1.165) is 49.0 Å². The molecule has 3 aliphatic rings. The SMILES string of the molecule is CC(C)CNC(=O)c1cccc(-c2cccc3cc(C(=O)N[C@@H]4CN5CCC4CC5)oc23)c1.Cl. The number of amides is 2. The molecule has 2 amide bonds. The number of hydrogen-bond acceptors (Lipinski definition) is 4. The first-order valence-corrected chi connectivity index (χ1v) is 11.9. The summed E-state index contributed by atoms with van der Waals surface area (Å²) in [5.74, 6) is 1.04. The highest BCUT2D eigenvalue weighted by Gasteiger charge is 2.35. The number of para-hydroxylation sites is 1. The summed E-state index contributed by atoms with van der Waals surface area (Å²) in [6.45, 7) is 7.97. The Bertz CT molecular complexity index is 1180. The lowest BCUT2D eigenvalue weighted by Gasteiger charge is -2.44. The Hall–Kier alpha value is -2.83. The lowest BCUT2D eigenvalue weighted by atomic mass is 9.84. The number of fused-ring (bicyclic) bond motifs is 4. The lowest BCUT2D eigenvalue weighted by molar-refractivity contribution is 0.0607. The van der Waals surface area contributed by atoms with Gasteiger partial charge in [-0.15, -0.1) is 12.4 Å². The van der Waals surface area contributed by atoms with Gasteiger partial charge in [-0.1, -0.05) is 44.2 Å². The smallest absolute Gasteiger partial charge is 0.287 e. The average Bonchev–Trinajstić information content (AvgIpc) is 3.28. The zero-order valence-electron chi connectivity index (χ0n) is 19.7. The number of nitrogens with one attached hydrogen (secondary N) is 2. The van der Waals surface area contributed by atoms with E-state index in [2.05, 4.69) is 29.4 Å². The maximum absolute atomic E-state index is 13.0. The van der Waals surface area contributed by atoms with Crippen molar-refractivity contribution in [3.05, 3.63) is 59.9 Å². The first-order valence-electron chi connectivity index (χ1n) is 11.9. The molecule has 6 nitrogen and oxygen atoms in total. The number of benzene rings is 2. The van der Waals surface area contributed by atoms with Crippen molar-refractivity contribution in [2.75, 3.05) is 26.2 Å². The molecule has 0 aliphatic carbocycles. The van der Waals surface area contributed by atoms with Gasteiger partial charge < -0.3 is 20.0 Å². The van der Waals surface area contributed by atoms with E-state index < -0.39 is 0 Å². The Labute approximate surface area is 206 Å². The Balaban J connectivity index is 0.00000274. The normalized spacial score (nSPS) is 21.3. The van der Waals surface area contributed by atoms with Crippen molar-refractivity contribution < 1.29 is 14.0 Å². The first kappa shape index (κ1) is 24.3. The first-order chi connectivity index (χ1) is 16.0. The van der Waals surface area contributed by atoms with Crippen LogP contribution in [0.15, 0.2) is 52.9 Å². The summed E-state index contributed by atoms with van der Waals surface area (Å²) in [6, 6.07) is 15.4. The molecular weight excluding hydrogens is 450 g/mol. The van der Waals surface area contributed by atoms with Crippen molar-refractivity contribution in [3.63, 3.8) is 0 Å². The molecule has 7 heteroatoms. The molecule has 180 valence electrons. The van der Waals surface area contributed by atoms with Gasteiger partial charge in [-0.3, -0.25) is 9.59 Å². The molecule has 0 spiro atoms. The Morgan fingerprint density at radius 2 is 1.82 bits per heavy atom. The van der Waals surface area contributed by atoms with E-state index >= 15 is 0 Å². The summed E-state index contributed by atoms with van der Waals surface area (Å²) in [5.41, 5.74) is 3.03. The van der Waals surface area contributed by atoms with Crippen molar-refractivity contribution in [1.82, 2.24) is 15.5 Å². The fourth-order valence-electron chi connectivity index (χ4n) is 5.00. The minimum absolute atomic E-state index is 0. The minimum Gasteiger partial charge on any atom is -0.450 e. The number of halogens is 1. The minimum atomic E-state index is -0.155. The second kappa shape index (κ2) is 10.2. The van der Waals surface area contributed by atoms with E-state index in [1.54, 1.807) is 0 Å². The molecule has 4 heterocycles. The maximum atomic E-state index is 13.0. The van der Waals surface area contributed by atoms with Crippen LogP contribution in [-0.2, 0) is 0 Å². The van der Waals surface area contributed by atoms with Gasteiger partial charge in [0.05, 0.1) is 0 Å². The summed E-state index contributed by atoms with van der Waals surface area (Å²) in [7, 11) is 0. The van der Waals surface area contributed by atoms with Crippen molar-refractivity contribution in [1.29, 1.82) is 0 Å². The summed E-state index contributed by atoms with van der Waals surface area (Å²) < 4.78 is 6.09. The van der Waals surface area contributed by atoms with Gasteiger partial charge in [0.2, 0.25) is 0 Å². The molecule has 34 heavy (non-hydrogen) atoms. The van der Waals surface area contributed by atoms with Crippen molar-refractivity contribution >= 4 is 35.2 Å². The van der Waals surface area contributed by atoms with Crippen LogP contribution in [-0.4, -0.2) is 48.9 Å². The van der Waals surface area contributed by atoms with Crippen molar-refractivity contribution in [2.45, 2.75) is 32.7 Å². The third-order valence-corrected chi connectivity index (χ3v) is 6.85. The quantitative estimate of drug-likeness (QED) is 0.533. The van der Waals surface area contributed by atoms with Gasteiger partial charge in [0.15, 0.2) is 5.76 Å². The van der Waals surface area contributed by atoms with E-state index in [1.165, 1.54) is 0 Å². The van der Waals surface area contributed by atoms with Crippen LogP contribution in [0, 0.1) is 11.8 Å². The maximum Gasteiger partial charge on any atom is 0.287 e. The summed E-state index contributed by atoms with van der Waals surface area (Å²) in [5, 5.41) is 7.05. The second-order valence-electron chi connectivity index (χ2n) is 9.74. The molecule has 2 aromatic carbocycles. The molecule has 3 saturated heterocycles. The highest BCUT2D eigenvalue weighted by Crippen LogP contribution is 2.32. The van der Waals surface area contributed by atoms with Gasteiger partial charge >= 0.3 is 0 Å². The lowest BCUT2D eigenvalue weighted by Crippen LogP contribution is -2.57. The van der Waals surface area contributed by atoms with E-state index in [4.69, 9.17) is 4.42 Å². The molecule has 2 bridgehead atoms. The summed E-state index contributed by atoms with van der Waals surface area (Å²) in [4.78, 5) is 28.0. The Morgan fingerprint density at radius 1 is 1.06 bits per heavy atom. The second-order valence-corrected chi connectivity index (χ2v) is 9.74. The van der Waals surface area contributed by atoms with E-state index in [-0.39, 0.29) is 30.3 Å². The van der Waals surface area contributed by atoms with Gasteiger partial charge in [-0.05, 0) is 61.5 Å². The number of furan rings is 1. The monoisotopic (exact) mass is 481 g/mol. The van der Waals surface area contributed by atoms with Crippen LogP contribution in [0.25, 0.3) is 22.1 Å². The van der Waals surface area contributed by atoms with Crippen molar-refractivity contribution in [3.8, 4) is 11.1 Å². The number of piperidine rings is 3. The highest BCUT2D eigenvalue weighted by molar-refractivity contribution is 6.01. The van der Waals surface area contributed by atoms with Crippen LogP contribution in [0.5, 0.6) is 0 Å². The van der Waals surface area contributed by atoms with Gasteiger partial charge in [-0.2, -0.15) is 0 Å². The topological polar surface area (TPSA) is 74.6 Å². The van der Waals surface area contributed by atoms with Crippen LogP contribution < -0.4 is 10.6 Å². The molecular formula is C27H32ClN3O3. The Morgan fingerprint density at radius 3 is 2.53 bits per heavy atom. The van der Waals surface area contributed by atoms with Crippen LogP contribution in [0.3, 0.4) is 0 Å². The Kier molecular flexibility index (Phi) is 7.29. The molecule has 1 aromatic heterocycles. The molecule has 3 aliphatic heterocycles. The summed E-state index contributed by atoms with van der Waals surface area (Å²) >= 11 is 0. The number of nitrogens with zero attached hydrogens (tertiary/aromatic N) is 1. The molecule has 0 unspecified atom stereocenters. The van der Waals surface area contributed by atoms with Crippen LogP contribution in [0.1, 0.15) is 47.6 Å². The third-order valence-electron chi connectivity index (χ3n) is 6.85.